The second kappa shape index (κ2) is 6.63. The van der Waals surface area contributed by atoms with Crippen molar-refractivity contribution in [1.29, 1.82) is 0 Å². The maximum atomic E-state index is 5.41. The van der Waals surface area contributed by atoms with Crippen LogP contribution < -0.4 is 5.32 Å². The molecule has 1 aliphatic carbocycles. The van der Waals surface area contributed by atoms with Gasteiger partial charge in [0.1, 0.15) is 5.82 Å². The first-order chi connectivity index (χ1) is 11.8. The molecule has 1 saturated carbocycles. The summed E-state index contributed by atoms with van der Waals surface area (Å²) >= 11 is 0. The Morgan fingerprint density at radius 1 is 1.12 bits per heavy atom. The van der Waals surface area contributed by atoms with E-state index in [9.17, 15) is 0 Å². The third kappa shape index (κ3) is 3.13. The van der Waals surface area contributed by atoms with Gasteiger partial charge >= 0.3 is 0 Å². The van der Waals surface area contributed by atoms with Gasteiger partial charge in [0.2, 0.25) is 5.82 Å². The molecule has 3 aromatic heterocycles. The van der Waals surface area contributed by atoms with Crippen molar-refractivity contribution in [1.82, 2.24) is 19.6 Å². The van der Waals surface area contributed by atoms with Crippen LogP contribution in [0, 0.1) is 6.92 Å². The molecule has 0 aromatic carbocycles. The van der Waals surface area contributed by atoms with E-state index in [1.165, 1.54) is 44.9 Å². The first-order valence-corrected chi connectivity index (χ1v) is 8.84. The molecule has 6 nitrogen and oxygen atoms in total. The highest BCUT2D eigenvalue weighted by molar-refractivity contribution is 5.53. The Labute approximate surface area is 141 Å². The van der Waals surface area contributed by atoms with Crippen LogP contribution >= 0.6 is 0 Å². The van der Waals surface area contributed by atoms with Crippen molar-refractivity contribution in [3.63, 3.8) is 0 Å². The summed E-state index contributed by atoms with van der Waals surface area (Å²) in [6.07, 6.45) is 10.7. The fraction of sp³-hybridized carbons (Fsp3) is 0.500. The van der Waals surface area contributed by atoms with Gasteiger partial charge in [0.15, 0.2) is 5.76 Å². The maximum Gasteiger partial charge on any atom is 0.254 e. The number of nitrogens with one attached hydrogen (secondary N) is 1. The van der Waals surface area contributed by atoms with E-state index in [0.29, 0.717) is 23.4 Å². The number of rotatable bonds is 3. The third-order valence-electron chi connectivity index (χ3n) is 4.64. The normalized spacial score (nSPS) is 16.9. The zero-order valence-electron chi connectivity index (χ0n) is 14.0. The van der Waals surface area contributed by atoms with Gasteiger partial charge in [-0.1, -0.05) is 32.1 Å². The standard InChI is InChI=1S/C18H23N5O/c1-13-12-16(20-14-8-5-3-2-4-6-9-14)23-18(19-13)21-17(22-23)15-10-7-11-24-15/h7,10-12,14,20H,2-6,8-9H2,1H3. The molecule has 6 heteroatoms. The lowest BCUT2D eigenvalue weighted by molar-refractivity contribution is 0.470. The highest BCUT2D eigenvalue weighted by Crippen LogP contribution is 2.23. The van der Waals surface area contributed by atoms with Crippen LogP contribution in [0.5, 0.6) is 0 Å². The molecule has 1 N–H and O–H groups in total. The fourth-order valence-electron chi connectivity index (χ4n) is 3.41. The number of hydrogen-bond donors (Lipinski definition) is 1. The van der Waals surface area contributed by atoms with E-state index in [1.807, 2.05) is 25.1 Å². The zero-order chi connectivity index (χ0) is 16.4. The maximum absolute atomic E-state index is 5.41. The average Bonchev–Trinajstić information content (AvgIpc) is 3.18. The number of nitrogens with zero attached hydrogens (tertiary/aromatic N) is 4. The molecule has 3 heterocycles. The fourth-order valence-corrected chi connectivity index (χ4v) is 3.41. The third-order valence-corrected chi connectivity index (χ3v) is 4.64. The summed E-state index contributed by atoms with van der Waals surface area (Å²) in [6.45, 7) is 1.99. The minimum Gasteiger partial charge on any atom is -0.461 e. The quantitative estimate of drug-likeness (QED) is 0.781. The monoisotopic (exact) mass is 325 g/mol. The Hall–Kier alpha value is -2.37. The van der Waals surface area contributed by atoms with Crippen LogP contribution in [-0.4, -0.2) is 25.6 Å². The van der Waals surface area contributed by atoms with Gasteiger partial charge in [-0.25, -0.2) is 4.98 Å². The highest BCUT2D eigenvalue weighted by atomic mass is 16.3. The summed E-state index contributed by atoms with van der Waals surface area (Å²) in [5.74, 6) is 2.80. The van der Waals surface area contributed by atoms with Gasteiger partial charge in [-0.2, -0.15) is 9.50 Å². The summed E-state index contributed by atoms with van der Waals surface area (Å²) < 4.78 is 7.21. The first-order valence-electron chi connectivity index (χ1n) is 8.84. The molecule has 1 fully saturated rings. The van der Waals surface area contributed by atoms with Crippen molar-refractivity contribution in [2.75, 3.05) is 5.32 Å². The van der Waals surface area contributed by atoms with Gasteiger partial charge in [-0.05, 0) is 31.9 Å². The average molecular weight is 325 g/mol. The lowest BCUT2D eigenvalue weighted by Gasteiger charge is -2.22. The van der Waals surface area contributed by atoms with E-state index >= 15 is 0 Å². The van der Waals surface area contributed by atoms with Crippen molar-refractivity contribution < 1.29 is 4.42 Å². The van der Waals surface area contributed by atoms with Crippen LogP contribution in [0.15, 0.2) is 28.9 Å². The molecule has 126 valence electrons. The van der Waals surface area contributed by atoms with Gasteiger partial charge in [-0.3, -0.25) is 0 Å². The summed E-state index contributed by atoms with van der Waals surface area (Å²) in [5.41, 5.74) is 0.939. The van der Waals surface area contributed by atoms with E-state index < -0.39 is 0 Å². The van der Waals surface area contributed by atoms with Gasteiger partial charge in [0.25, 0.3) is 5.78 Å². The van der Waals surface area contributed by atoms with E-state index in [2.05, 4.69) is 20.4 Å². The SMILES string of the molecule is Cc1cc(NC2CCCCCCC2)n2nc(-c3ccco3)nc2n1. The van der Waals surface area contributed by atoms with Crippen molar-refractivity contribution in [2.45, 2.75) is 57.9 Å². The number of hydrogen-bond acceptors (Lipinski definition) is 5. The number of aryl methyl sites for hydroxylation is 1. The van der Waals surface area contributed by atoms with Crippen molar-refractivity contribution >= 4 is 11.6 Å². The second-order valence-electron chi connectivity index (χ2n) is 6.59. The Bertz CT molecular complexity index is 800. The Morgan fingerprint density at radius 3 is 2.67 bits per heavy atom. The summed E-state index contributed by atoms with van der Waals surface area (Å²) in [5, 5.41) is 8.27. The summed E-state index contributed by atoms with van der Waals surface area (Å²) in [7, 11) is 0. The van der Waals surface area contributed by atoms with Gasteiger partial charge < -0.3 is 9.73 Å². The number of fused-ring (bicyclic) bond motifs is 1. The molecule has 0 bridgehead atoms. The first kappa shape index (κ1) is 15.2. The van der Waals surface area contributed by atoms with Gasteiger partial charge in [0, 0.05) is 17.8 Å². The van der Waals surface area contributed by atoms with Crippen LogP contribution in [-0.2, 0) is 0 Å². The number of aromatic nitrogens is 4. The van der Waals surface area contributed by atoms with Gasteiger partial charge in [-0.15, -0.1) is 5.10 Å². The molecule has 1 aliphatic rings. The molecule has 0 spiro atoms. The summed E-state index contributed by atoms with van der Waals surface area (Å²) in [6, 6.07) is 6.25. The van der Waals surface area contributed by atoms with Crippen molar-refractivity contribution in [2.24, 2.45) is 0 Å². The lowest BCUT2D eigenvalue weighted by atomic mass is 9.97. The van der Waals surface area contributed by atoms with Crippen molar-refractivity contribution in [3.05, 3.63) is 30.2 Å². The molecule has 3 aromatic rings. The predicted octanol–water partition coefficient (Wildman–Crippen LogP) is 4.22. The van der Waals surface area contributed by atoms with E-state index in [-0.39, 0.29) is 0 Å². The van der Waals surface area contributed by atoms with E-state index in [0.717, 1.165) is 11.5 Å². The van der Waals surface area contributed by atoms with Crippen LogP contribution in [0.25, 0.3) is 17.4 Å². The molecule has 0 aliphatic heterocycles. The summed E-state index contributed by atoms with van der Waals surface area (Å²) in [4.78, 5) is 9.01. The van der Waals surface area contributed by atoms with Crippen molar-refractivity contribution in [3.8, 4) is 11.6 Å². The molecular formula is C18H23N5O. The molecule has 0 saturated heterocycles. The smallest absolute Gasteiger partial charge is 0.254 e. The Kier molecular flexibility index (Phi) is 4.19. The van der Waals surface area contributed by atoms with E-state index in [4.69, 9.17) is 4.42 Å². The second-order valence-corrected chi connectivity index (χ2v) is 6.59. The largest absolute Gasteiger partial charge is 0.461 e. The minimum absolute atomic E-state index is 0.492. The molecule has 4 rings (SSSR count). The molecule has 0 unspecified atom stereocenters. The molecule has 0 radical (unpaired) electrons. The van der Waals surface area contributed by atoms with E-state index in [1.54, 1.807) is 10.8 Å². The lowest BCUT2D eigenvalue weighted by Crippen LogP contribution is -2.22. The van der Waals surface area contributed by atoms with Crippen LogP contribution in [0.1, 0.15) is 50.6 Å². The topological polar surface area (TPSA) is 68.2 Å². The van der Waals surface area contributed by atoms with Crippen LogP contribution in [0.4, 0.5) is 5.82 Å². The molecule has 0 amide bonds. The highest BCUT2D eigenvalue weighted by Gasteiger charge is 2.16. The zero-order valence-corrected chi connectivity index (χ0v) is 14.0. The van der Waals surface area contributed by atoms with Gasteiger partial charge in [0.05, 0.1) is 6.26 Å². The minimum atomic E-state index is 0.492. The Morgan fingerprint density at radius 2 is 1.92 bits per heavy atom. The molecular weight excluding hydrogens is 302 g/mol. The number of anilines is 1. The van der Waals surface area contributed by atoms with Crippen LogP contribution in [0.3, 0.4) is 0 Å². The molecule has 24 heavy (non-hydrogen) atoms. The predicted molar refractivity (Wildman–Crippen MR) is 93.0 cm³/mol. The Balaban J connectivity index is 1.66. The van der Waals surface area contributed by atoms with Crippen LogP contribution in [0.2, 0.25) is 0 Å². The molecule has 0 atom stereocenters. The number of furan rings is 1.